The minimum Gasteiger partial charge on any atom is -0.385 e. The van der Waals surface area contributed by atoms with Gasteiger partial charge in [-0.25, -0.2) is 9.97 Å². The SMILES string of the molecule is CCCCNC(=O)c1cc(NCCCOC)nc(C)n1. The minimum atomic E-state index is -0.149. The van der Waals surface area contributed by atoms with Gasteiger partial charge in [-0.3, -0.25) is 4.79 Å². The standard InChI is InChI=1S/C14H24N4O2/c1-4-5-7-16-14(19)12-10-13(18-11(2)17-12)15-8-6-9-20-3/h10H,4-9H2,1-3H3,(H,16,19)(H,15,17,18). The summed E-state index contributed by atoms with van der Waals surface area (Å²) in [5.41, 5.74) is 0.405. The summed E-state index contributed by atoms with van der Waals surface area (Å²) in [4.78, 5) is 20.4. The molecule has 0 saturated heterocycles. The Kier molecular flexibility index (Phi) is 7.57. The van der Waals surface area contributed by atoms with Crippen LogP contribution < -0.4 is 10.6 Å². The highest BCUT2D eigenvalue weighted by molar-refractivity contribution is 5.92. The number of rotatable bonds is 9. The average Bonchev–Trinajstić information content (AvgIpc) is 2.43. The van der Waals surface area contributed by atoms with E-state index in [2.05, 4.69) is 27.5 Å². The first-order valence-corrected chi connectivity index (χ1v) is 7.04. The Bertz CT molecular complexity index is 424. The van der Waals surface area contributed by atoms with Crippen molar-refractivity contribution >= 4 is 11.7 Å². The van der Waals surface area contributed by atoms with Gasteiger partial charge in [0.15, 0.2) is 0 Å². The lowest BCUT2D eigenvalue weighted by atomic mass is 10.3. The topological polar surface area (TPSA) is 76.1 Å². The lowest BCUT2D eigenvalue weighted by molar-refractivity contribution is 0.0948. The third kappa shape index (κ3) is 5.97. The molecule has 0 aliphatic heterocycles. The number of nitrogens with one attached hydrogen (secondary N) is 2. The Labute approximate surface area is 120 Å². The molecule has 1 aromatic rings. The molecule has 1 heterocycles. The molecule has 0 aliphatic carbocycles. The van der Waals surface area contributed by atoms with Crippen LogP contribution in [0.25, 0.3) is 0 Å². The molecule has 0 fully saturated rings. The van der Waals surface area contributed by atoms with E-state index in [9.17, 15) is 4.79 Å². The summed E-state index contributed by atoms with van der Waals surface area (Å²) in [5, 5.41) is 6.03. The molecule has 1 rings (SSSR count). The van der Waals surface area contributed by atoms with Gasteiger partial charge in [0.1, 0.15) is 17.3 Å². The zero-order valence-electron chi connectivity index (χ0n) is 12.5. The summed E-state index contributed by atoms with van der Waals surface area (Å²) in [6.45, 7) is 5.99. The molecule has 0 aromatic carbocycles. The first-order valence-electron chi connectivity index (χ1n) is 7.04. The molecule has 2 N–H and O–H groups in total. The van der Waals surface area contributed by atoms with E-state index in [0.717, 1.165) is 25.8 Å². The second-order valence-electron chi connectivity index (χ2n) is 4.57. The highest BCUT2D eigenvalue weighted by Crippen LogP contribution is 2.07. The second-order valence-corrected chi connectivity index (χ2v) is 4.57. The van der Waals surface area contributed by atoms with Crippen LogP contribution in [0, 0.1) is 6.92 Å². The molecular weight excluding hydrogens is 256 g/mol. The molecule has 112 valence electrons. The van der Waals surface area contributed by atoms with Gasteiger partial charge in [0, 0.05) is 32.9 Å². The molecule has 0 bridgehead atoms. The number of nitrogens with zero attached hydrogens (tertiary/aromatic N) is 2. The van der Waals surface area contributed by atoms with E-state index in [4.69, 9.17) is 4.74 Å². The molecule has 0 spiro atoms. The summed E-state index contributed by atoms with van der Waals surface area (Å²) < 4.78 is 4.98. The number of anilines is 1. The predicted molar refractivity (Wildman–Crippen MR) is 79.0 cm³/mol. The van der Waals surface area contributed by atoms with Gasteiger partial charge < -0.3 is 15.4 Å². The number of amides is 1. The van der Waals surface area contributed by atoms with Crippen molar-refractivity contribution in [2.75, 3.05) is 32.1 Å². The second kappa shape index (κ2) is 9.25. The van der Waals surface area contributed by atoms with Crippen LogP contribution in [-0.2, 0) is 4.74 Å². The number of aryl methyl sites for hydroxylation is 1. The fourth-order valence-corrected chi connectivity index (χ4v) is 1.68. The fourth-order valence-electron chi connectivity index (χ4n) is 1.68. The fraction of sp³-hybridized carbons (Fsp3) is 0.643. The molecule has 0 saturated carbocycles. The summed E-state index contributed by atoms with van der Waals surface area (Å²) >= 11 is 0. The van der Waals surface area contributed by atoms with Crippen LogP contribution in [0.1, 0.15) is 42.5 Å². The Balaban J connectivity index is 2.58. The number of unbranched alkanes of at least 4 members (excludes halogenated alkanes) is 1. The van der Waals surface area contributed by atoms with E-state index in [-0.39, 0.29) is 5.91 Å². The van der Waals surface area contributed by atoms with Crippen molar-refractivity contribution in [3.05, 3.63) is 17.6 Å². The predicted octanol–water partition coefficient (Wildman–Crippen LogP) is 1.76. The third-order valence-corrected chi connectivity index (χ3v) is 2.72. The molecule has 0 aliphatic rings. The largest absolute Gasteiger partial charge is 0.385 e. The first kappa shape index (κ1) is 16.4. The van der Waals surface area contributed by atoms with Crippen molar-refractivity contribution in [1.29, 1.82) is 0 Å². The van der Waals surface area contributed by atoms with E-state index in [1.54, 1.807) is 20.1 Å². The number of aromatic nitrogens is 2. The maximum Gasteiger partial charge on any atom is 0.270 e. The molecule has 6 nitrogen and oxygen atoms in total. The number of hydrogen-bond donors (Lipinski definition) is 2. The average molecular weight is 280 g/mol. The van der Waals surface area contributed by atoms with Crippen molar-refractivity contribution < 1.29 is 9.53 Å². The molecule has 1 aromatic heterocycles. The normalized spacial score (nSPS) is 10.3. The summed E-state index contributed by atoms with van der Waals surface area (Å²) in [6, 6.07) is 1.68. The lowest BCUT2D eigenvalue weighted by Crippen LogP contribution is -2.26. The number of ether oxygens (including phenoxy) is 1. The third-order valence-electron chi connectivity index (χ3n) is 2.72. The van der Waals surface area contributed by atoms with Gasteiger partial charge in [0.2, 0.25) is 0 Å². The van der Waals surface area contributed by atoms with E-state index >= 15 is 0 Å². The molecule has 6 heteroatoms. The van der Waals surface area contributed by atoms with Crippen molar-refractivity contribution in [2.24, 2.45) is 0 Å². The molecule has 20 heavy (non-hydrogen) atoms. The van der Waals surface area contributed by atoms with E-state index in [1.165, 1.54) is 0 Å². The van der Waals surface area contributed by atoms with Gasteiger partial charge in [0.05, 0.1) is 0 Å². The van der Waals surface area contributed by atoms with Gasteiger partial charge in [0.25, 0.3) is 5.91 Å². The van der Waals surface area contributed by atoms with E-state index in [0.29, 0.717) is 30.5 Å². The van der Waals surface area contributed by atoms with Crippen LogP contribution in [0.2, 0.25) is 0 Å². The highest BCUT2D eigenvalue weighted by atomic mass is 16.5. The number of hydrogen-bond acceptors (Lipinski definition) is 5. The van der Waals surface area contributed by atoms with Crippen LogP contribution in [0.4, 0.5) is 5.82 Å². The van der Waals surface area contributed by atoms with Crippen LogP contribution in [0.15, 0.2) is 6.07 Å². The number of carbonyl (C=O) groups is 1. The summed E-state index contributed by atoms with van der Waals surface area (Å²) in [5.74, 6) is 1.11. The Morgan fingerprint density at radius 3 is 2.80 bits per heavy atom. The van der Waals surface area contributed by atoms with Crippen LogP contribution in [0.5, 0.6) is 0 Å². The Hall–Kier alpha value is -1.69. The summed E-state index contributed by atoms with van der Waals surface area (Å²) in [6.07, 6.45) is 2.91. The maximum atomic E-state index is 12.0. The quantitative estimate of drug-likeness (QED) is 0.674. The zero-order chi connectivity index (χ0) is 14.8. The Morgan fingerprint density at radius 2 is 2.10 bits per heavy atom. The van der Waals surface area contributed by atoms with Crippen molar-refractivity contribution in [3.63, 3.8) is 0 Å². The van der Waals surface area contributed by atoms with Crippen LogP contribution in [-0.4, -0.2) is 42.7 Å². The van der Waals surface area contributed by atoms with Crippen LogP contribution >= 0.6 is 0 Å². The number of methoxy groups -OCH3 is 1. The lowest BCUT2D eigenvalue weighted by Gasteiger charge is -2.08. The van der Waals surface area contributed by atoms with Crippen molar-refractivity contribution in [3.8, 4) is 0 Å². The van der Waals surface area contributed by atoms with Gasteiger partial charge in [-0.05, 0) is 19.8 Å². The first-order chi connectivity index (χ1) is 9.67. The number of carbonyl (C=O) groups excluding carboxylic acids is 1. The molecule has 0 radical (unpaired) electrons. The van der Waals surface area contributed by atoms with Gasteiger partial charge in [-0.15, -0.1) is 0 Å². The molecule has 1 amide bonds. The van der Waals surface area contributed by atoms with E-state index < -0.39 is 0 Å². The molecule has 0 atom stereocenters. The van der Waals surface area contributed by atoms with Gasteiger partial charge in [-0.2, -0.15) is 0 Å². The maximum absolute atomic E-state index is 12.0. The highest BCUT2D eigenvalue weighted by Gasteiger charge is 2.09. The molecular formula is C14H24N4O2. The smallest absolute Gasteiger partial charge is 0.270 e. The molecule has 0 unspecified atom stereocenters. The van der Waals surface area contributed by atoms with Crippen molar-refractivity contribution in [1.82, 2.24) is 15.3 Å². The van der Waals surface area contributed by atoms with E-state index in [1.807, 2.05) is 0 Å². The zero-order valence-corrected chi connectivity index (χ0v) is 12.5. The van der Waals surface area contributed by atoms with Crippen molar-refractivity contribution in [2.45, 2.75) is 33.1 Å². The minimum absolute atomic E-state index is 0.149. The van der Waals surface area contributed by atoms with Crippen LogP contribution in [0.3, 0.4) is 0 Å². The monoisotopic (exact) mass is 280 g/mol. The Morgan fingerprint density at radius 1 is 1.30 bits per heavy atom. The summed E-state index contributed by atoms with van der Waals surface area (Å²) in [7, 11) is 1.67. The van der Waals surface area contributed by atoms with Gasteiger partial charge >= 0.3 is 0 Å². The van der Waals surface area contributed by atoms with Gasteiger partial charge in [-0.1, -0.05) is 13.3 Å².